The molecule has 1 atom stereocenters. The highest BCUT2D eigenvalue weighted by molar-refractivity contribution is 5.78. The second-order valence-corrected chi connectivity index (χ2v) is 8.32. The monoisotopic (exact) mass is 440 g/mol. The molecule has 0 radical (unpaired) electrons. The minimum atomic E-state index is -0.0525. The zero-order chi connectivity index (χ0) is 22.6. The van der Waals surface area contributed by atoms with Gasteiger partial charge in [0.2, 0.25) is 5.91 Å². The SMILES string of the molecule is COc1ccccc1N1CCN(C(=O)CC(c2ccccc2)c2cnc3ccccn23)CC1. The number of pyridine rings is 1. The maximum atomic E-state index is 13.4. The summed E-state index contributed by atoms with van der Waals surface area (Å²) >= 11 is 0. The van der Waals surface area contributed by atoms with Crippen LogP contribution in [0.4, 0.5) is 5.69 Å². The minimum Gasteiger partial charge on any atom is -0.495 e. The third-order valence-electron chi connectivity index (χ3n) is 6.44. The fourth-order valence-corrected chi connectivity index (χ4v) is 4.68. The molecule has 0 aliphatic carbocycles. The van der Waals surface area contributed by atoms with Crippen molar-refractivity contribution in [3.05, 3.63) is 96.4 Å². The lowest BCUT2D eigenvalue weighted by Crippen LogP contribution is -2.49. The lowest BCUT2D eigenvalue weighted by atomic mass is 9.92. The molecule has 2 aromatic heterocycles. The molecule has 3 heterocycles. The van der Waals surface area contributed by atoms with Crippen LogP contribution in [0, 0.1) is 0 Å². The number of benzene rings is 2. The molecule has 5 rings (SSSR count). The van der Waals surface area contributed by atoms with Crippen LogP contribution in [0.2, 0.25) is 0 Å². The van der Waals surface area contributed by atoms with E-state index in [4.69, 9.17) is 4.74 Å². The number of imidazole rings is 1. The van der Waals surface area contributed by atoms with Crippen LogP contribution in [-0.4, -0.2) is 53.5 Å². The molecule has 4 aromatic rings. The van der Waals surface area contributed by atoms with Gasteiger partial charge in [-0.15, -0.1) is 0 Å². The average Bonchev–Trinajstić information content (AvgIpc) is 3.31. The Morgan fingerprint density at radius 3 is 2.45 bits per heavy atom. The summed E-state index contributed by atoms with van der Waals surface area (Å²) in [6.45, 7) is 2.98. The van der Waals surface area contributed by atoms with Crippen molar-refractivity contribution in [2.24, 2.45) is 0 Å². The number of ether oxygens (including phenoxy) is 1. The molecule has 0 spiro atoms. The Labute approximate surface area is 194 Å². The van der Waals surface area contributed by atoms with Gasteiger partial charge in [0.25, 0.3) is 0 Å². The molecular formula is C27H28N4O2. The van der Waals surface area contributed by atoms with Gasteiger partial charge in [-0.3, -0.25) is 4.79 Å². The second-order valence-electron chi connectivity index (χ2n) is 8.32. The number of fused-ring (bicyclic) bond motifs is 1. The number of nitrogens with zero attached hydrogens (tertiary/aromatic N) is 4. The zero-order valence-electron chi connectivity index (χ0n) is 18.8. The predicted molar refractivity (Wildman–Crippen MR) is 130 cm³/mol. The van der Waals surface area contributed by atoms with Crippen LogP contribution < -0.4 is 9.64 Å². The van der Waals surface area contributed by atoms with E-state index in [1.54, 1.807) is 7.11 Å². The standard InChI is InChI=1S/C27H28N4O2/c1-33-25-12-6-5-11-23(25)29-15-17-30(18-16-29)27(32)19-22(21-9-3-2-4-10-21)24-20-28-26-13-7-8-14-31(24)26/h2-14,20,22H,15-19H2,1H3. The van der Waals surface area contributed by atoms with E-state index >= 15 is 0 Å². The number of hydrogen-bond acceptors (Lipinski definition) is 4. The van der Waals surface area contributed by atoms with Gasteiger partial charge in [-0.05, 0) is 29.8 Å². The van der Waals surface area contributed by atoms with Gasteiger partial charge in [0.15, 0.2) is 0 Å². The van der Waals surface area contributed by atoms with Crippen LogP contribution in [-0.2, 0) is 4.79 Å². The Morgan fingerprint density at radius 1 is 0.939 bits per heavy atom. The third kappa shape index (κ3) is 4.29. The summed E-state index contributed by atoms with van der Waals surface area (Å²) in [7, 11) is 1.70. The van der Waals surface area contributed by atoms with Gasteiger partial charge in [-0.25, -0.2) is 4.98 Å². The first-order valence-corrected chi connectivity index (χ1v) is 11.4. The number of carbonyl (C=O) groups is 1. The van der Waals surface area contributed by atoms with Crippen molar-refractivity contribution in [1.29, 1.82) is 0 Å². The Balaban J connectivity index is 1.34. The summed E-state index contributed by atoms with van der Waals surface area (Å²) in [5.41, 5.74) is 4.15. The van der Waals surface area contributed by atoms with E-state index < -0.39 is 0 Å². The van der Waals surface area contributed by atoms with Gasteiger partial charge >= 0.3 is 0 Å². The molecule has 6 nitrogen and oxygen atoms in total. The molecule has 0 saturated carbocycles. The van der Waals surface area contributed by atoms with Crippen molar-refractivity contribution in [2.45, 2.75) is 12.3 Å². The van der Waals surface area contributed by atoms with Crippen molar-refractivity contribution >= 4 is 17.2 Å². The molecular weight excluding hydrogens is 412 g/mol. The number of piperazine rings is 1. The van der Waals surface area contributed by atoms with Gasteiger partial charge in [0.05, 0.1) is 18.5 Å². The van der Waals surface area contributed by atoms with Gasteiger partial charge in [-0.1, -0.05) is 48.5 Å². The Bertz CT molecular complexity index is 1230. The molecule has 0 bridgehead atoms. The minimum absolute atomic E-state index is 0.0525. The first-order chi connectivity index (χ1) is 16.2. The van der Waals surface area contributed by atoms with E-state index in [1.165, 1.54) is 0 Å². The van der Waals surface area contributed by atoms with Crippen LogP contribution >= 0.6 is 0 Å². The smallest absolute Gasteiger partial charge is 0.223 e. The maximum absolute atomic E-state index is 13.4. The summed E-state index contributed by atoms with van der Waals surface area (Å²) < 4.78 is 7.61. The van der Waals surface area contributed by atoms with Gasteiger partial charge in [0, 0.05) is 50.9 Å². The number of aromatic nitrogens is 2. The zero-order valence-corrected chi connectivity index (χ0v) is 18.8. The molecule has 0 N–H and O–H groups in total. The molecule has 6 heteroatoms. The molecule has 1 aliphatic heterocycles. The lowest BCUT2D eigenvalue weighted by Gasteiger charge is -2.37. The van der Waals surface area contributed by atoms with Gasteiger partial charge < -0.3 is 18.9 Å². The molecule has 33 heavy (non-hydrogen) atoms. The third-order valence-corrected chi connectivity index (χ3v) is 6.44. The highest BCUT2D eigenvalue weighted by Crippen LogP contribution is 2.31. The summed E-state index contributed by atoms with van der Waals surface area (Å²) in [6.07, 6.45) is 4.34. The quantitative estimate of drug-likeness (QED) is 0.451. The lowest BCUT2D eigenvalue weighted by molar-refractivity contribution is -0.131. The Kier molecular flexibility index (Phi) is 5.98. The van der Waals surface area contributed by atoms with Crippen molar-refractivity contribution in [3.8, 4) is 5.75 Å². The summed E-state index contributed by atoms with van der Waals surface area (Å²) in [6, 6.07) is 24.3. The van der Waals surface area contributed by atoms with E-state index in [0.29, 0.717) is 19.5 Å². The van der Waals surface area contributed by atoms with E-state index in [1.807, 2.05) is 71.9 Å². The van der Waals surface area contributed by atoms with E-state index in [-0.39, 0.29) is 11.8 Å². The van der Waals surface area contributed by atoms with Crippen LogP contribution in [0.15, 0.2) is 85.2 Å². The number of methoxy groups -OCH3 is 1. The number of hydrogen-bond donors (Lipinski definition) is 0. The van der Waals surface area contributed by atoms with Crippen molar-refractivity contribution in [3.63, 3.8) is 0 Å². The van der Waals surface area contributed by atoms with Crippen molar-refractivity contribution in [1.82, 2.24) is 14.3 Å². The van der Waals surface area contributed by atoms with Crippen LogP contribution in [0.25, 0.3) is 5.65 Å². The highest BCUT2D eigenvalue weighted by Gasteiger charge is 2.27. The van der Waals surface area contributed by atoms with Gasteiger partial charge in [-0.2, -0.15) is 0 Å². The topological polar surface area (TPSA) is 50.1 Å². The molecule has 1 fully saturated rings. The van der Waals surface area contributed by atoms with E-state index in [0.717, 1.165) is 41.4 Å². The summed E-state index contributed by atoms with van der Waals surface area (Å²) in [5.74, 6) is 0.992. The highest BCUT2D eigenvalue weighted by atomic mass is 16.5. The number of para-hydroxylation sites is 2. The van der Waals surface area contributed by atoms with Crippen molar-refractivity contribution in [2.75, 3.05) is 38.2 Å². The van der Waals surface area contributed by atoms with Crippen LogP contribution in [0.1, 0.15) is 23.6 Å². The number of rotatable bonds is 6. The van der Waals surface area contributed by atoms with Crippen LogP contribution in [0.5, 0.6) is 5.75 Å². The Morgan fingerprint density at radius 2 is 1.67 bits per heavy atom. The predicted octanol–water partition coefficient (Wildman–Crippen LogP) is 4.21. The average molecular weight is 441 g/mol. The first-order valence-electron chi connectivity index (χ1n) is 11.4. The van der Waals surface area contributed by atoms with Gasteiger partial charge in [0.1, 0.15) is 11.4 Å². The van der Waals surface area contributed by atoms with Crippen molar-refractivity contribution < 1.29 is 9.53 Å². The molecule has 1 aliphatic rings. The second kappa shape index (κ2) is 9.36. The fourth-order valence-electron chi connectivity index (χ4n) is 4.68. The molecule has 1 unspecified atom stereocenters. The number of amides is 1. The molecule has 168 valence electrons. The van der Waals surface area contributed by atoms with E-state index in [2.05, 4.69) is 32.5 Å². The largest absolute Gasteiger partial charge is 0.495 e. The van der Waals surface area contributed by atoms with Crippen LogP contribution in [0.3, 0.4) is 0 Å². The number of carbonyl (C=O) groups excluding carboxylic acids is 1. The normalized spacial score (nSPS) is 14.9. The maximum Gasteiger partial charge on any atom is 0.223 e. The molecule has 1 saturated heterocycles. The Hall–Kier alpha value is -3.80. The van der Waals surface area contributed by atoms with E-state index in [9.17, 15) is 4.79 Å². The molecule has 1 amide bonds. The summed E-state index contributed by atoms with van der Waals surface area (Å²) in [5, 5.41) is 0. The fraction of sp³-hybridized carbons (Fsp3) is 0.259. The molecule has 2 aromatic carbocycles. The first kappa shape index (κ1) is 21.1. The number of anilines is 1. The summed E-state index contributed by atoms with van der Waals surface area (Å²) in [4.78, 5) is 22.3.